The quantitative estimate of drug-likeness (QED) is 0.488. The average molecular weight is 495 g/mol. The zero-order valence-corrected chi connectivity index (χ0v) is 20.8. The number of aryl methyl sites for hydroxylation is 1. The van der Waals surface area contributed by atoms with E-state index in [1.54, 1.807) is 28.4 Å². The number of ketones is 1. The lowest BCUT2D eigenvalue weighted by Crippen LogP contribution is -2.39. The lowest BCUT2D eigenvalue weighted by atomic mass is 9.90. The Morgan fingerprint density at radius 2 is 2.00 bits per heavy atom. The van der Waals surface area contributed by atoms with Crippen LogP contribution in [0.25, 0.3) is 10.7 Å². The summed E-state index contributed by atoms with van der Waals surface area (Å²) in [4.78, 5) is 36.9. The van der Waals surface area contributed by atoms with Crippen molar-refractivity contribution >= 4 is 34.7 Å². The standard InChI is InChI=1S/C26H27FN4O3S/c1-26(2,3)34-25(33)31-10-9-21-16(14-31)12-22(35-21)24-28-13-19(27)23(30-24)29-17-7-8-18-15(11-17)5-4-6-20(18)32/h7-8,11-13H,4-6,9-10,14H2,1-3H3,(H,28,29,30). The van der Waals surface area contributed by atoms with Gasteiger partial charge in [-0.2, -0.15) is 0 Å². The van der Waals surface area contributed by atoms with Crippen LogP contribution in [0.1, 0.15) is 60.0 Å². The number of ether oxygens (including phenoxy) is 1. The number of nitrogens with zero attached hydrogens (tertiary/aromatic N) is 3. The predicted octanol–water partition coefficient (Wildman–Crippen LogP) is 5.90. The van der Waals surface area contributed by atoms with Crippen LogP contribution in [0.5, 0.6) is 0 Å². The fourth-order valence-corrected chi connectivity index (χ4v) is 5.46. The Morgan fingerprint density at radius 3 is 2.80 bits per heavy atom. The number of nitrogens with one attached hydrogen (secondary N) is 1. The van der Waals surface area contributed by atoms with Crippen molar-refractivity contribution in [3.05, 3.63) is 57.8 Å². The van der Waals surface area contributed by atoms with Crippen LogP contribution in [0.15, 0.2) is 30.5 Å². The van der Waals surface area contributed by atoms with E-state index >= 15 is 0 Å². The van der Waals surface area contributed by atoms with Gasteiger partial charge in [-0.1, -0.05) is 0 Å². The number of anilines is 2. The molecule has 0 saturated heterocycles. The van der Waals surface area contributed by atoms with E-state index in [9.17, 15) is 14.0 Å². The summed E-state index contributed by atoms with van der Waals surface area (Å²) in [5.74, 6) is 0.101. The highest BCUT2D eigenvalue weighted by Crippen LogP contribution is 2.35. The van der Waals surface area contributed by atoms with Crippen molar-refractivity contribution in [2.24, 2.45) is 0 Å². The van der Waals surface area contributed by atoms with Crippen LogP contribution >= 0.6 is 11.3 Å². The van der Waals surface area contributed by atoms with Crippen molar-refractivity contribution in [3.8, 4) is 10.7 Å². The molecule has 0 atom stereocenters. The Labute approximate surface area is 207 Å². The zero-order valence-electron chi connectivity index (χ0n) is 20.0. The number of carbonyl (C=O) groups excluding carboxylic acids is 2. The summed E-state index contributed by atoms with van der Waals surface area (Å²) >= 11 is 1.56. The van der Waals surface area contributed by atoms with E-state index in [2.05, 4.69) is 15.3 Å². The first-order valence-electron chi connectivity index (χ1n) is 11.7. The fourth-order valence-electron chi connectivity index (χ4n) is 4.36. The molecule has 0 fully saturated rings. The largest absolute Gasteiger partial charge is 0.444 e. The number of amides is 1. The van der Waals surface area contributed by atoms with E-state index in [0.717, 1.165) is 47.0 Å². The molecular weight excluding hydrogens is 467 g/mol. The number of benzene rings is 1. The molecule has 0 radical (unpaired) electrons. The summed E-state index contributed by atoms with van der Waals surface area (Å²) in [6.45, 7) is 6.60. The Balaban J connectivity index is 1.35. The second-order valence-electron chi connectivity index (χ2n) is 9.87. The highest BCUT2D eigenvalue weighted by Gasteiger charge is 2.27. The predicted molar refractivity (Wildman–Crippen MR) is 133 cm³/mol. The van der Waals surface area contributed by atoms with E-state index in [1.165, 1.54) is 4.88 Å². The van der Waals surface area contributed by atoms with Gasteiger partial charge in [-0.25, -0.2) is 19.2 Å². The summed E-state index contributed by atoms with van der Waals surface area (Å²) in [5, 5.41) is 3.05. The Hall–Kier alpha value is -3.33. The molecule has 0 bridgehead atoms. The fraction of sp³-hybridized carbons (Fsp3) is 0.385. The van der Waals surface area contributed by atoms with Crippen LogP contribution in [0.4, 0.5) is 20.7 Å². The summed E-state index contributed by atoms with van der Waals surface area (Å²) in [6.07, 6.45) is 3.79. The molecule has 5 rings (SSSR count). The van der Waals surface area contributed by atoms with E-state index in [1.807, 2.05) is 32.9 Å². The highest BCUT2D eigenvalue weighted by molar-refractivity contribution is 7.15. The van der Waals surface area contributed by atoms with Gasteiger partial charge in [0.15, 0.2) is 23.2 Å². The molecule has 0 spiro atoms. The van der Waals surface area contributed by atoms with Gasteiger partial charge in [0.05, 0.1) is 17.6 Å². The smallest absolute Gasteiger partial charge is 0.410 e. The van der Waals surface area contributed by atoms with E-state index in [0.29, 0.717) is 31.0 Å². The molecule has 1 aliphatic heterocycles. The van der Waals surface area contributed by atoms with Gasteiger partial charge in [0.1, 0.15) is 5.60 Å². The minimum absolute atomic E-state index is 0.0823. The molecule has 0 unspecified atom stereocenters. The van der Waals surface area contributed by atoms with Crippen molar-refractivity contribution < 1.29 is 18.7 Å². The average Bonchev–Trinajstić information content (AvgIpc) is 3.23. The van der Waals surface area contributed by atoms with Gasteiger partial charge in [-0.15, -0.1) is 11.3 Å². The number of Topliss-reactive ketones (excluding diaryl/α,β-unsaturated/α-hetero) is 1. The van der Waals surface area contributed by atoms with Gasteiger partial charge in [0.25, 0.3) is 0 Å². The number of aromatic nitrogens is 2. The van der Waals surface area contributed by atoms with Gasteiger partial charge < -0.3 is 15.0 Å². The van der Waals surface area contributed by atoms with Crippen molar-refractivity contribution in [1.29, 1.82) is 0 Å². The number of fused-ring (bicyclic) bond motifs is 2. The molecular formula is C26H27FN4O3S. The van der Waals surface area contributed by atoms with E-state index < -0.39 is 11.4 Å². The number of hydrogen-bond donors (Lipinski definition) is 1. The first-order chi connectivity index (χ1) is 16.7. The Kier molecular flexibility index (Phi) is 6.04. The van der Waals surface area contributed by atoms with E-state index in [-0.39, 0.29) is 17.7 Å². The molecule has 3 aromatic rings. The number of hydrogen-bond acceptors (Lipinski definition) is 7. The molecule has 182 valence electrons. The summed E-state index contributed by atoms with van der Waals surface area (Å²) in [7, 11) is 0. The van der Waals surface area contributed by atoms with Crippen molar-refractivity contribution in [3.63, 3.8) is 0 Å². The van der Waals surface area contributed by atoms with E-state index in [4.69, 9.17) is 4.74 Å². The second kappa shape index (κ2) is 9.03. The van der Waals surface area contributed by atoms with Crippen LogP contribution in [-0.2, 0) is 24.1 Å². The van der Waals surface area contributed by atoms with Gasteiger partial charge in [0.2, 0.25) is 0 Å². The minimum atomic E-state index is -0.556. The number of halogens is 1. The summed E-state index contributed by atoms with van der Waals surface area (Å²) < 4.78 is 20.1. The van der Waals surface area contributed by atoms with Crippen molar-refractivity contribution in [2.75, 3.05) is 11.9 Å². The topological polar surface area (TPSA) is 84.4 Å². The SMILES string of the molecule is CC(C)(C)OC(=O)N1CCc2sc(-c3ncc(F)c(Nc4ccc5c(c4)CCCC5=O)n3)cc2C1. The molecule has 3 heterocycles. The first-order valence-corrected chi connectivity index (χ1v) is 12.5. The first kappa shape index (κ1) is 23.4. The lowest BCUT2D eigenvalue weighted by Gasteiger charge is -2.29. The maximum atomic E-state index is 14.6. The molecule has 2 aliphatic rings. The van der Waals surface area contributed by atoms with Crippen LogP contribution in [-0.4, -0.2) is 38.9 Å². The second-order valence-corrected chi connectivity index (χ2v) is 11.0. The molecule has 1 amide bonds. The number of rotatable bonds is 3. The van der Waals surface area contributed by atoms with Crippen LogP contribution in [0.3, 0.4) is 0 Å². The third-order valence-electron chi connectivity index (χ3n) is 6.00. The van der Waals surface area contributed by atoms with Crippen LogP contribution in [0.2, 0.25) is 0 Å². The van der Waals surface area contributed by atoms with Crippen molar-refractivity contribution in [1.82, 2.24) is 14.9 Å². The third-order valence-corrected chi connectivity index (χ3v) is 7.23. The number of carbonyl (C=O) groups is 2. The summed E-state index contributed by atoms with van der Waals surface area (Å²) in [6, 6.07) is 7.43. The molecule has 35 heavy (non-hydrogen) atoms. The van der Waals surface area contributed by atoms with Crippen LogP contribution in [0, 0.1) is 5.82 Å². The maximum Gasteiger partial charge on any atom is 0.410 e. The molecule has 1 aliphatic carbocycles. The van der Waals surface area contributed by atoms with Crippen molar-refractivity contribution in [2.45, 2.75) is 58.6 Å². The molecule has 7 nitrogen and oxygen atoms in total. The molecule has 1 N–H and O–H groups in total. The molecule has 1 aromatic carbocycles. The molecule has 9 heteroatoms. The molecule has 0 saturated carbocycles. The van der Waals surface area contributed by atoms with Crippen LogP contribution < -0.4 is 5.32 Å². The zero-order chi connectivity index (χ0) is 24.7. The number of thiophene rings is 1. The normalized spacial score (nSPS) is 15.4. The lowest BCUT2D eigenvalue weighted by molar-refractivity contribution is 0.0225. The summed E-state index contributed by atoms with van der Waals surface area (Å²) in [5.41, 5.74) is 2.89. The highest BCUT2D eigenvalue weighted by atomic mass is 32.1. The Morgan fingerprint density at radius 1 is 1.17 bits per heavy atom. The van der Waals surface area contributed by atoms with Gasteiger partial charge >= 0.3 is 6.09 Å². The van der Waals surface area contributed by atoms with Gasteiger partial charge in [0, 0.05) is 29.1 Å². The Bertz CT molecular complexity index is 1310. The monoisotopic (exact) mass is 494 g/mol. The van der Waals surface area contributed by atoms with Gasteiger partial charge in [-0.05, 0) is 75.4 Å². The third kappa shape index (κ3) is 5.05. The minimum Gasteiger partial charge on any atom is -0.444 e. The van der Waals surface area contributed by atoms with Gasteiger partial charge in [-0.3, -0.25) is 4.79 Å². The maximum absolute atomic E-state index is 14.6. The molecule has 2 aromatic heterocycles.